The number of hydrogen-bond donors (Lipinski definition) is 1. The van der Waals surface area contributed by atoms with E-state index in [9.17, 15) is 4.79 Å². The highest BCUT2D eigenvalue weighted by molar-refractivity contribution is 5.94. The summed E-state index contributed by atoms with van der Waals surface area (Å²) in [7, 11) is 0. The van der Waals surface area contributed by atoms with Gasteiger partial charge in [0.1, 0.15) is 0 Å². The van der Waals surface area contributed by atoms with Gasteiger partial charge in [-0.25, -0.2) is 0 Å². The number of likely N-dealkylation sites (tertiary alicyclic amines) is 1. The molecule has 158 valence electrons. The van der Waals surface area contributed by atoms with Crippen molar-refractivity contribution in [1.82, 2.24) is 14.7 Å². The molecule has 0 spiro atoms. The Morgan fingerprint density at radius 2 is 1.77 bits per heavy atom. The van der Waals surface area contributed by atoms with Gasteiger partial charge in [-0.05, 0) is 55.6 Å². The van der Waals surface area contributed by atoms with Crippen LogP contribution < -0.4 is 5.73 Å². The number of halogens is 1. The highest BCUT2D eigenvalue weighted by Crippen LogP contribution is 2.32. The third kappa shape index (κ3) is 4.58. The number of carbonyl (C=O) groups excluding carboxylic acids is 1. The number of carbonyl (C=O) groups is 1. The topological polar surface area (TPSA) is 64.2 Å². The van der Waals surface area contributed by atoms with Crippen LogP contribution in [0.15, 0.2) is 60.7 Å². The van der Waals surface area contributed by atoms with Crippen LogP contribution in [0.1, 0.15) is 38.8 Å². The molecule has 0 radical (unpaired) electrons. The van der Waals surface area contributed by atoms with E-state index in [1.54, 1.807) is 0 Å². The summed E-state index contributed by atoms with van der Waals surface area (Å²) >= 11 is 0. The van der Waals surface area contributed by atoms with Crippen LogP contribution in [0.2, 0.25) is 0 Å². The zero-order valence-corrected chi connectivity index (χ0v) is 18.3. The summed E-state index contributed by atoms with van der Waals surface area (Å²) in [6.45, 7) is 6.79. The van der Waals surface area contributed by atoms with Crippen molar-refractivity contribution in [3.63, 3.8) is 0 Å². The maximum Gasteiger partial charge on any atom is 0.253 e. The van der Waals surface area contributed by atoms with Crippen molar-refractivity contribution >= 4 is 18.3 Å². The predicted molar refractivity (Wildman–Crippen MR) is 122 cm³/mol. The van der Waals surface area contributed by atoms with Crippen molar-refractivity contribution < 1.29 is 4.79 Å². The third-order valence-corrected chi connectivity index (χ3v) is 5.90. The lowest BCUT2D eigenvalue weighted by Crippen LogP contribution is -2.29. The number of aryl methyl sites for hydroxylation is 2. The molecule has 2 N–H and O–H groups in total. The van der Waals surface area contributed by atoms with Gasteiger partial charge in [0.25, 0.3) is 5.91 Å². The first-order valence-electron chi connectivity index (χ1n) is 10.2. The number of rotatable bonds is 5. The van der Waals surface area contributed by atoms with Crippen molar-refractivity contribution in [2.45, 2.75) is 26.3 Å². The molecule has 1 aliphatic rings. The van der Waals surface area contributed by atoms with E-state index in [1.165, 1.54) is 5.56 Å². The largest absolute Gasteiger partial charge is 0.338 e. The van der Waals surface area contributed by atoms with Gasteiger partial charge in [0.05, 0.1) is 12.2 Å². The molecule has 2 aromatic carbocycles. The molecule has 1 amide bonds. The van der Waals surface area contributed by atoms with Crippen molar-refractivity contribution in [2.24, 2.45) is 11.7 Å². The Bertz CT molecular complexity index is 984. The second-order valence-corrected chi connectivity index (χ2v) is 8.00. The smallest absolute Gasteiger partial charge is 0.253 e. The minimum atomic E-state index is 0. The maximum atomic E-state index is 13.1. The number of nitrogens with zero attached hydrogens (tertiary/aromatic N) is 3. The van der Waals surface area contributed by atoms with Crippen molar-refractivity contribution in [1.29, 1.82) is 0 Å². The van der Waals surface area contributed by atoms with Crippen LogP contribution >= 0.6 is 12.4 Å². The summed E-state index contributed by atoms with van der Waals surface area (Å²) < 4.78 is 1.99. The summed E-state index contributed by atoms with van der Waals surface area (Å²) in [6.07, 6.45) is 0. The van der Waals surface area contributed by atoms with Crippen LogP contribution in [0.25, 0.3) is 0 Å². The van der Waals surface area contributed by atoms with Gasteiger partial charge in [0.15, 0.2) is 0 Å². The van der Waals surface area contributed by atoms with Gasteiger partial charge in [-0.15, -0.1) is 12.4 Å². The van der Waals surface area contributed by atoms with Gasteiger partial charge >= 0.3 is 0 Å². The van der Waals surface area contributed by atoms with E-state index in [1.807, 2.05) is 46.8 Å². The van der Waals surface area contributed by atoms with Crippen LogP contribution in [-0.2, 0) is 6.54 Å². The van der Waals surface area contributed by atoms with Crippen molar-refractivity contribution in [3.8, 4) is 0 Å². The number of benzene rings is 2. The molecular weight excluding hydrogens is 396 g/mol. The van der Waals surface area contributed by atoms with E-state index < -0.39 is 0 Å². The molecular formula is C24H29ClN4O. The zero-order chi connectivity index (χ0) is 20.4. The van der Waals surface area contributed by atoms with E-state index in [2.05, 4.69) is 42.4 Å². The van der Waals surface area contributed by atoms with Gasteiger partial charge in [0.2, 0.25) is 0 Å². The molecule has 5 nitrogen and oxygen atoms in total. The minimum absolute atomic E-state index is 0. The van der Waals surface area contributed by atoms with E-state index in [-0.39, 0.29) is 18.3 Å². The molecule has 1 aliphatic heterocycles. The fourth-order valence-electron chi connectivity index (χ4n) is 4.30. The lowest BCUT2D eigenvalue weighted by Gasteiger charge is -2.17. The first kappa shape index (κ1) is 22.1. The fourth-order valence-corrected chi connectivity index (χ4v) is 4.30. The second-order valence-electron chi connectivity index (χ2n) is 8.00. The second kappa shape index (κ2) is 9.45. The third-order valence-electron chi connectivity index (χ3n) is 5.90. The quantitative estimate of drug-likeness (QED) is 0.677. The van der Waals surface area contributed by atoms with Crippen LogP contribution in [-0.4, -0.2) is 40.2 Å². The van der Waals surface area contributed by atoms with E-state index in [4.69, 9.17) is 5.73 Å². The van der Waals surface area contributed by atoms with Crippen molar-refractivity contribution in [3.05, 3.63) is 88.7 Å². The SMILES string of the molecule is Cc1cc(C)n(Cc2ccc(C(=O)N3C[C@@H](CN)[C@H](c4ccccc4)C3)cc2)n1.Cl. The van der Waals surface area contributed by atoms with Gasteiger partial charge in [-0.1, -0.05) is 42.5 Å². The zero-order valence-electron chi connectivity index (χ0n) is 17.5. The molecule has 1 aromatic heterocycles. The lowest BCUT2D eigenvalue weighted by molar-refractivity contribution is 0.0786. The van der Waals surface area contributed by atoms with Gasteiger partial charge < -0.3 is 10.6 Å². The number of hydrogen-bond acceptors (Lipinski definition) is 3. The maximum absolute atomic E-state index is 13.1. The molecule has 1 saturated heterocycles. The Balaban J connectivity index is 0.00000256. The lowest BCUT2D eigenvalue weighted by atomic mass is 9.89. The molecule has 3 aromatic rings. The Labute approximate surface area is 184 Å². The summed E-state index contributed by atoms with van der Waals surface area (Å²) in [6, 6.07) is 20.4. The highest BCUT2D eigenvalue weighted by Gasteiger charge is 2.35. The van der Waals surface area contributed by atoms with E-state index in [0.29, 0.717) is 31.5 Å². The summed E-state index contributed by atoms with van der Waals surface area (Å²) in [5, 5.41) is 4.51. The van der Waals surface area contributed by atoms with Gasteiger partial charge in [-0.2, -0.15) is 5.10 Å². The normalized spacial score (nSPS) is 18.3. The van der Waals surface area contributed by atoms with Crippen LogP contribution in [0.4, 0.5) is 0 Å². The standard InChI is InChI=1S/C24H28N4O.ClH/c1-17-12-18(2)28(26-17)14-19-8-10-21(11-9-19)24(29)27-15-22(13-25)23(16-27)20-6-4-3-5-7-20;/h3-12,22-23H,13-16,25H2,1-2H3;1H/t22-,23+;/m1./s1. The molecule has 6 heteroatoms. The van der Waals surface area contributed by atoms with Gasteiger partial charge in [-0.3, -0.25) is 9.48 Å². The minimum Gasteiger partial charge on any atom is -0.338 e. The first-order chi connectivity index (χ1) is 14.0. The summed E-state index contributed by atoms with van der Waals surface area (Å²) in [5.74, 6) is 0.682. The molecule has 0 aliphatic carbocycles. The average molecular weight is 425 g/mol. The van der Waals surface area contributed by atoms with Crippen molar-refractivity contribution in [2.75, 3.05) is 19.6 Å². The number of amides is 1. The molecule has 0 unspecified atom stereocenters. The van der Waals surface area contributed by atoms with Gasteiger partial charge in [0, 0.05) is 30.3 Å². The molecule has 0 saturated carbocycles. The molecule has 0 bridgehead atoms. The highest BCUT2D eigenvalue weighted by atomic mass is 35.5. The summed E-state index contributed by atoms with van der Waals surface area (Å²) in [4.78, 5) is 15.0. The fraction of sp³-hybridized carbons (Fsp3) is 0.333. The Morgan fingerprint density at radius 1 is 1.07 bits per heavy atom. The first-order valence-corrected chi connectivity index (χ1v) is 10.2. The molecule has 4 rings (SSSR count). The Hall–Kier alpha value is -2.63. The van der Waals surface area contributed by atoms with E-state index in [0.717, 1.165) is 29.1 Å². The van der Waals surface area contributed by atoms with Crippen LogP contribution in [0.5, 0.6) is 0 Å². The summed E-state index contributed by atoms with van der Waals surface area (Å²) in [5.41, 5.74) is 11.3. The Morgan fingerprint density at radius 3 is 2.37 bits per heavy atom. The molecule has 1 fully saturated rings. The average Bonchev–Trinajstić information content (AvgIpc) is 3.31. The molecule has 30 heavy (non-hydrogen) atoms. The Kier molecular flexibility index (Phi) is 6.95. The van der Waals surface area contributed by atoms with Crippen LogP contribution in [0, 0.1) is 19.8 Å². The number of nitrogens with two attached hydrogens (primary N) is 1. The monoisotopic (exact) mass is 424 g/mol. The van der Waals surface area contributed by atoms with E-state index >= 15 is 0 Å². The molecule has 2 heterocycles. The predicted octanol–water partition coefficient (Wildman–Crippen LogP) is 3.78. The number of aromatic nitrogens is 2. The van der Waals surface area contributed by atoms with Crippen LogP contribution in [0.3, 0.4) is 0 Å². The molecule has 2 atom stereocenters.